The Hall–Kier alpha value is -3.01. The molecule has 1 aliphatic rings. The number of methoxy groups -OCH3 is 1. The van der Waals surface area contributed by atoms with Gasteiger partial charge in [0.05, 0.1) is 33.3 Å². The quantitative estimate of drug-likeness (QED) is 0.466. The van der Waals surface area contributed by atoms with Crippen LogP contribution in [-0.2, 0) is 14.3 Å². The molecule has 8 nitrogen and oxygen atoms in total. The molecule has 0 atom stereocenters. The minimum atomic E-state index is -1.03. The van der Waals surface area contributed by atoms with Gasteiger partial charge in [0, 0.05) is 7.05 Å². The molecule has 0 saturated carbocycles. The van der Waals surface area contributed by atoms with Crippen molar-refractivity contribution in [3.05, 3.63) is 62.5 Å². The molecule has 1 N–H and O–H groups in total. The lowest BCUT2D eigenvalue weighted by atomic mass is 10.2. The van der Waals surface area contributed by atoms with Crippen LogP contribution >= 0.6 is 35.0 Å². The van der Waals surface area contributed by atoms with Gasteiger partial charge in [0.2, 0.25) is 0 Å². The third kappa shape index (κ3) is 5.42. The van der Waals surface area contributed by atoms with E-state index in [1.807, 2.05) is 0 Å². The average molecular weight is 495 g/mol. The van der Waals surface area contributed by atoms with Gasteiger partial charge in [-0.3, -0.25) is 9.69 Å². The number of benzene rings is 2. The van der Waals surface area contributed by atoms with Crippen molar-refractivity contribution in [2.24, 2.45) is 4.99 Å². The number of nitrogens with zero attached hydrogens (tertiary/aromatic N) is 2. The molecule has 1 heterocycles. The molecule has 166 valence electrons. The molecule has 1 amide bonds. The predicted octanol–water partition coefficient (Wildman–Crippen LogP) is 4.48. The number of esters is 1. The Morgan fingerprint density at radius 2 is 1.81 bits per heavy atom. The van der Waals surface area contributed by atoms with Crippen LogP contribution in [0.15, 0.2) is 46.3 Å². The number of hydrogen-bond acceptors (Lipinski definition) is 7. The maximum atomic E-state index is 12.6. The molecule has 0 unspecified atom stereocenters. The summed E-state index contributed by atoms with van der Waals surface area (Å²) in [4.78, 5) is 41.1. The van der Waals surface area contributed by atoms with E-state index < -0.39 is 11.9 Å². The Bertz CT molecular complexity index is 1120. The second kappa shape index (κ2) is 10.1. The zero-order valence-corrected chi connectivity index (χ0v) is 19.1. The summed E-state index contributed by atoms with van der Waals surface area (Å²) in [5.41, 5.74) is 1.21. The van der Waals surface area contributed by atoms with Gasteiger partial charge in [-0.05, 0) is 59.8 Å². The van der Waals surface area contributed by atoms with Gasteiger partial charge in [0.1, 0.15) is 0 Å². The fourth-order valence-corrected chi connectivity index (χ4v) is 4.18. The summed E-state index contributed by atoms with van der Waals surface area (Å²) in [7, 11) is 2.82. The molecule has 2 aromatic carbocycles. The summed E-state index contributed by atoms with van der Waals surface area (Å²) in [6.07, 6.45) is 1.61. The smallest absolute Gasteiger partial charge is 0.343 e. The second-order valence-electron chi connectivity index (χ2n) is 6.40. The van der Waals surface area contributed by atoms with Gasteiger partial charge in [0.25, 0.3) is 5.91 Å². The Kier molecular flexibility index (Phi) is 7.44. The van der Waals surface area contributed by atoms with E-state index in [9.17, 15) is 14.4 Å². The van der Waals surface area contributed by atoms with E-state index in [1.54, 1.807) is 37.4 Å². The topological polar surface area (TPSA) is 106 Å². The van der Waals surface area contributed by atoms with Gasteiger partial charge in [-0.1, -0.05) is 23.2 Å². The van der Waals surface area contributed by atoms with Crippen molar-refractivity contribution < 1.29 is 29.0 Å². The third-order valence-corrected chi connectivity index (χ3v) is 5.84. The van der Waals surface area contributed by atoms with E-state index in [4.69, 9.17) is 33.0 Å². The van der Waals surface area contributed by atoms with Crippen LogP contribution < -0.4 is 4.74 Å². The highest BCUT2D eigenvalue weighted by molar-refractivity contribution is 8.18. The molecule has 2 aromatic rings. The summed E-state index contributed by atoms with van der Waals surface area (Å²) < 4.78 is 9.81. The van der Waals surface area contributed by atoms with E-state index in [0.29, 0.717) is 21.3 Å². The van der Waals surface area contributed by atoms with Crippen LogP contribution in [0.5, 0.6) is 5.75 Å². The molecular formula is C21H16Cl2N2O6S. The summed E-state index contributed by atoms with van der Waals surface area (Å²) in [6, 6.07) is 9.11. The normalized spacial score (nSPS) is 16.0. The van der Waals surface area contributed by atoms with Crippen LogP contribution in [0, 0.1) is 0 Å². The van der Waals surface area contributed by atoms with E-state index in [-0.39, 0.29) is 33.9 Å². The summed E-state index contributed by atoms with van der Waals surface area (Å²) >= 11 is 13.6. The molecule has 1 aliphatic heterocycles. The first-order valence-electron chi connectivity index (χ1n) is 8.98. The van der Waals surface area contributed by atoms with Crippen LogP contribution in [0.3, 0.4) is 0 Å². The summed E-state index contributed by atoms with van der Waals surface area (Å²) in [5.74, 6) is -1.75. The zero-order valence-electron chi connectivity index (χ0n) is 16.8. The highest BCUT2D eigenvalue weighted by Gasteiger charge is 2.30. The molecule has 0 spiro atoms. The van der Waals surface area contributed by atoms with E-state index >= 15 is 0 Å². The van der Waals surface area contributed by atoms with Crippen molar-refractivity contribution >= 4 is 69.7 Å². The predicted molar refractivity (Wildman–Crippen MR) is 123 cm³/mol. The SMILES string of the molecule is COC(=O)COc1c(Cl)cc(/C=C2\SC(=Nc3ccc(C(=O)O)cc3)N(C)C2=O)cc1Cl. The first-order chi connectivity index (χ1) is 15.2. The van der Waals surface area contributed by atoms with Crippen molar-refractivity contribution in [1.82, 2.24) is 4.90 Å². The number of carboxylic acid groups (broad SMARTS) is 1. The number of carboxylic acids is 1. The third-order valence-electron chi connectivity index (χ3n) is 4.22. The fourth-order valence-electron chi connectivity index (χ4n) is 2.58. The number of thioether (sulfide) groups is 1. The van der Waals surface area contributed by atoms with Crippen molar-refractivity contribution in [1.29, 1.82) is 0 Å². The maximum Gasteiger partial charge on any atom is 0.343 e. The number of aliphatic imine (C=N–C) groups is 1. The van der Waals surface area contributed by atoms with Crippen molar-refractivity contribution in [2.75, 3.05) is 20.8 Å². The maximum absolute atomic E-state index is 12.6. The highest BCUT2D eigenvalue weighted by Crippen LogP contribution is 2.37. The molecular weight excluding hydrogens is 479 g/mol. The Balaban J connectivity index is 1.82. The number of hydrogen-bond donors (Lipinski definition) is 1. The number of amides is 1. The second-order valence-corrected chi connectivity index (χ2v) is 8.22. The number of rotatable bonds is 6. The molecule has 0 aliphatic carbocycles. The number of ether oxygens (including phenoxy) is 2. The number of carbonyl (C=O) groups excluding carboxylic acids is 2. The highest BCUT2D eigenvalue weighted by atomic mass is 35.5. The lowest BCUT2D eigenvalue weighted by molar-refractivity contribution is -0.142. The zero-order chi connectivity index (χ0) is 23.4. The molecule has 3 rings (SSSR count). The number of carbonyl (C=O) groups is 3. The molecule has 11 heteroatoms. The molecule has 0 radical (unpaired) electrons. The van der Waals surface area contributed by atoms with Crippen LogP contribution in [-0.4, -0.2) is 53.8 Å². The largest absolute Gasteiger partial charge is 0.479 e. The van der Waals surface area contributed by atoms with E-state index in [2.05, 4.69) is 9.73 Å². The number of halogens is 2. The Morgan fingerprint density at radius 3 is 2.38 bits per heavy atom. The van der Waals surface area contributed by atoms with Gasteiger partial charge in [0.15, 0.2) is 17.5 Å². The minimum absolute atomic E-state index is 0.135. The van der Waals surface area contributed by atoms with Crippen LogP contribution in [0.2, 0.25) is 10.0 Å². The molecule has 0 aromatic heterocycles. The molecule has 0 bridgehead atoms. The molecule has 32 heavy (non-hydrogen) atoms. The number of amidine groups is 1. The number of likely N-dealkylation sites (N-methyl/N-ethyl adjacent to an activating group) is 1. The lowest BCUT2D eigenvalue weighted by Crippen LogP contribution is -2.23. The number of aromatic carboxylic acids is 1. The average Bonchev–Trinajstić information content (AvgIpc) is 3.01. The monoisotopic (exact) mass is 494 g/mol. The van der Waals surface area contributed by atoms with Crippen LogP contribution in [0.1, 0.15) is 15.9 Å². The first-order valence-corrected chi connectivity index (χ1v) is 10.5. The Labute approximate surface area is 197 Å². The minimum Gasteiger partial charge on any atom is -0.479 e. The summed E-state index contributed by atoms with van der Waals surface area (Å²) in [6.45, 7) is -0.344. The van der Waals surface area contributed by atoms with Crippen molar-refractivity contribution in [2.45, 2.75) is 0 Å². The van der Waals surface area contributed by atoms with Crippen molar-refractivity contribution in [3.8, 4) is 5.75 Å². The van der Waals surface area contributed by atoms with Gasteiger partial charge in [-0.15, -0.1) is 0 Å². The van der Waals surface area contributed by atoms with Gasteiger partial charge < -0.3 is 14.6 Å². The van der Waals surface area contributed by atoms with E-state index in [0.717, 1.165) is 11.8 Å². The van der Waals surface area contributed by atoms with Gasteiger partial charge in [-0.2, -0.15) is 0 Å². The standard InChI is InChI=1S/C21H16Cl2N2O6S/c1-25-19(27)16(32-21(25)24-13-5-3-12(4-6-13)20(28)29)9-11-7-14(22)18(15(23)8-11)31-10-17(26)30-2/h3-9H,10H2,1-2H3,(H,28,29)/b16-9-,24-21?. The summed E-state index contributed by atoms with van der Waals surface area (Å²) in [5, 5.41) is 9.76. The fraction of sp³-hybridized carbons (Fsp3) is 0.143. The lowest BCUT2D eigenvalue weighted by Gasteiger charge is -2.10. The van der Waals surface area contributed by atoms with Crippen molar-refractivity contribution in [3.63, 3.8) is 0 Å². The van der Waals surface area contributed by atoms with Crippen LogP contribution in [0.25, 0.3) is 6.08 Å². The van der Waals surface area contributed by atoms with Crippen LogP contribution in [0.4, 0.5) is 5.69 Å². The molecule has 1 saturated heterocycles. The van der Waals surface area contributed by atoms with Gasteiger partial charge in [-0.25, -0.2) is 14.6 Å². The van der Waals surface area contributed by atoms with Gasteiger partial charge >= 0.3 is 11.9 Å². The first kappa shape index (κ1) is 23.6. The molecule has 1 fully saturated rings. The Morgan fingerprint density at radius 1 is 1.19 bits per heavy atom. The van der Waals surface area contributed by atoms with E-state index in [1.165, 1.54) is 24.1 Å².